The Morgan fingerprint density at radius 3 is 2.73 bits per heavy atom. The minimum Gasteiger partial charge on any atom is -0.337 e. The maximum absolute atomic E-state index is 5.52. The summed E-state index contributed by atoms with van der Waals surface area (Å²) < 4.78 is 2.06. The van der Waals surface area contributed by atoms with Crippen molar-refractivity contribution >= 4 is 11.6 Å². The molecular weight excluding hydrogens is 200 g/mol. The van der Waals surface area contributed by atoms with Gasteiger partial charge in [0, 0.05) is 42.2 Å². The molecule has 0 aliphatic rings. The van der Waals surface area contributed by atoms with Crippen LogP contribution in [0.5, 0.6) is 0 Å². The fraction of sp³-hybridized carbons (Fsp3) is 0.571. The fourth-order valence-corrected chi connectivity index (χ4v) is 0.997. The number of aromatic nitrogens is 2. The number of nitrogens with zero attached hydrogens (tertiary/aromatic N) is 2. The number of aryl methyl sites for hydroxylation is 1. The second-order valence-corrected chi connectivity index (χ2v) is 2.57. The van der Waals surface area contributed by atoms with Gasteiger partial charge in [-0.15, -0.1) is 11.6 Å². The van der Waals surface area contributed by atoms with Gasteiger partial charge in [-0.1, -0.05) is 0 Å². The van der Waals surface area contributed by atoms with Crippen LogP contribution >= 0.6 is 11.6 Å². The van der Waals surface area contributed by atoms with E-state index in [1.807, 2.05) is 12.5 Å². The van der Waals surface area contributed by atoms with Crippen LogP contribution in [0.15, 0.2) is 18.7 Å². The van der Waals surface area contributed by atoms with Crippen molar-refractivity contribution in [2.75, 3.05) is 5.88 Å². The first-order valence-electron chi connectivity index (χ1n) is 3.45. The predicted molar refractivity (Wildman–Crippen MR) is 42.2 cm³/mol. The summed E-state index contributed by atoms with van der Waals surface area (Å²) in [6, 6.07) is 0. The minimum atomic E-state index is 0. The van der Waals surface area contributed by atoms with E-state index in [-0.39, 0.29) is 17.4 Å². The van der Waals surface area contributed by atoms with Gasteiger partial charge in [0.15, 0.2) is 0 Å². The van der Waals surface area contributed by atoms with E-state index < -0.39 is 0 Å². The number of hydrogen-bond donors (Lipinski definition) is 0. The van der Waals surface area contributed by atoms with Crippen molar-refractivity contribution in [3.05, 3.63) is 18.7 Å². The first-order chi connectivity index (χ1) is 4.93. The predicted octanol–water partition coefficient (Wildman–Crippen LogP) is 1.90. The van der Waals surface area contributed by atoms with Gasteiger partial charge in [-0.05, 0) is 12.8 Å². The van der Waals surface area contributed by atoms with Gasteiger partial charge in [0.1, 0.15) is 0 Å². The van der Waals surface area contributed by atoms with Crippen LogP contribution in [-0.2, 0) is 23.9 Å². The minimum absolute atomic E-state index is 0. The maximum Gasteiger partial charge on any atom is 0.0945 e. The molecule has 0 spiro atoms. The smallest absolute Gasteiger partial charge is 0.0945 e. The largest absolute Gasteiger partial charge is 0.337 e. The average Bonchev–Trinajstić information content (AvgIpc) is 2.41. The third kappa shape index (κ3) is 4.47. The fourth-order valence-electron chi connectivity index (χ4n) is 0.808. The van der Waals surface area contributed by atoms with Gasteiger partial charge in [-0.2, -0.15) is 0 Å². The molecule has 0 unspecified atom stereocenters. The molecule has 0 saturated carbocycles. The summed E-state index contributed by atoms with van der Waals surface area (Å²) >= 11 is 5.52. The second-order valence-electron chi connectivity index (χ2n) is 2.20. The van der Waals surface area contributed by atoms with E-state index in [4.69, 9.17) is 11.6 Å². The molecule has 11 heavy (non-hydrogen) atoms. The average molecular weight is 211 g/mol. The quantitative estimate of drug-likeness (QED) is 0.548. The van der Waals surface area contributed by atoms with Crippen molar-refractivity contribution in [3.8, 4) is 0 Å². The van der Waals surface area contributed by atoms with E-state index in [9.17, 15) is 0 Å². The van der Waals surface area contributed by atoms with Crippen LogP contribution in [0.25, 0.3) is 0 Å². The summed E-state index contributed by atoms with van der Waals surface area (Å²) in [7, 11) is 0. The molecule has 0 amide bonds. The summed E-state index contributed by atoms with van der Waals surface area (Å²) in [5.74, 6) is 0.759. The number of unbranched alkanes of at least 4 members (excludes halogenated alkanes) is 1. The van der Waals surface area contributed by atoms with Gasteiger partial charge < -0.3 is 4.57 Å². The van der Waals surface area contributed by atoms with E-state index in [2.05, 4.69) is 9.55 Å². The van der Waals surface area contributed by atoms with Gasteiger partial charge in [0.2, 0.25) is 0 Å². The molecule has 0 saturated heterocycles. The normalized spacial score (nSPS) is 9.18. The summed E-state index contributed by atoms with van der Waals surface area (Å²) in [4.78, 5) is 3.93. The third-order valence-corrected chi connectivity index (χ3v) is 1.63. The van der Waals surface area contributed by atoms with Gasteiger partial charge in [0.25, 0.3) is 0 Å². The van der Waals surface area contributed by atoms with Crippen LogP contribution in [0, 0.1) is 0 Å². The van der Waals surface area contributed by atoms with Crippen molar-refractivity contribution in [3.63, 3.8) is 0 Å². The number of hydrogen-bond acceptors (Lipinski definition) is 1. The Labute approximate surface area is 82.7 Å². The molecular formula is C7H11ClCrN2. The zero-order valence-corrected chi connectivity index (χ0v) is 8.27. The van der Waals surface area contributed by atoms with Crippen molar-refractivity contribution < 1.29 is 17.4 Å². The van der Waals surface area contributed by atoms with Gasteiger partial charge in [-0.3, -0.25) is 0 Å². The molecule has 0 aromatic carbocycles. The van der Waals surface area contributed by atoms with E-state index in [1.165, 1.54) is 0 Å². The van der Waals surface area contributed by atoms with E-state index in [0.29, 0.717) is 0 Å². The van der Waals surface area contributed by atoms with Crippen LogP contribution in [0.2, 0.25) is 0 Å². The number of rotatable bonds is 4. The van der Waals surface area contributed by atoms with Crippen LogP contribution in [0.3, 0.4) is 0 Å². The number of alkyl halides is 1. The van der Waals surface area contributed by atoms with Crippen LogP contribution < -0.4 is 0 Å². The number of imidazole rings is 1. The van der Waals surface area contributed by atoms with Gasteiger partial charge in [-0.25, -0.2) is 4.98 Å². The Morgan fingerprint density at radius 1 is 1.36 bits per heavy atom. The Balaban J connectivity index is 0.000001000. The molecule has 1 aromatic rings. The Kier molecular flexibility index (Phi) is 6.74. The standard InChI is InChI=1S/C7H11ClN2.Cr/c8-3-1-2-5-10-6-4-9-7-10;/h4,6-7H,1-3,5H2;. The first-order valence-corrected chi connectivity index (χ1v) is 3.98. The molecule has 2 nitrogen and oxygen atoms in total. The molecule has 0 bridgehead atoms. The summed E-state index contributed by atoms with van der Waals surface area (Å²) in [6.07, 6.45) is 7.81. The second kappa shape index (κ2) is 6.72. The zero-order valence-electron chi connectivity index (χ0n) is 6.24. The van der Waals surface area contributed by atoms with Crippen molar-refractivity contribution in [2.24, 2.45) is 0 Å². The van der Waals surface area contributed by atoms with Crippen molar-refractivity contribution in [1.82, 2.24) is 9.55 Å². The summed E-state index contributed by atoms with van der Waals surface area (Å²) in [5.41, 5.74) is 0. The SMILES string of the molecule is ClCCCCn1ccnc1.[Cr]. The Hall–Kier alpha value is 0.0325. The molecule has 1 rings (SSSR count). The Morgan fingerprint density at radius 2 is 2.18 bits per heavy atom. The topological polar surface area (TPSA) is 17.8 Å². The molecule has 1 heterocycles. The van der Waals surface area contributed by atoms with Crippen LogP contribution in [0.1, 0.15) is 12.8 Å². The van der Waals surface area contributed by atoms with Crippen LogP contribution in [-0.4, -0.2) is 15.4 Å². The maximum atomic E-state index is 5.52. The molecule has 0 aliphatic carbocycles. The monoisotopic (exact) mass is 210 g/mol. The zero-order chi connectivity index (χ0) is 7.23. The van der Waals surface area contributed by atoms with Crippen molar-refractivity contribution in [1.29, 1.82) is 0 Å². The van der Waals surface area contributed by atoms with Crippen molar-refractivity contribution in [2.45, 2.75) is 19.4 Å². The Bertz CT molecular complexity index is 165. The van der Waals surface area contributed by atoms with E-state index in [1.54, 1.807) is 6.20 Å². The van der Waals surface area contributed by atoms with E-state index >= 15 is 0 Å². The van der Waals surface area contributed by atoms with Gasteiger partial charge in [0.05, 0.1) is 6.33 Å². The van der Waals surface area contributed by atoms with Crippen LogP contribution in [0.4, 0.5) is 0 Å². The first kappa shape index (κ1) is 11.0. The van der Waals surface area contributed by atoms with E-state index in [0.717, 1.165) is 25.3 Å². The number of halogens is 1. The molecule has 62 valence electrons. The summed E-state index contributed by atoms with van der Waals surface area (Å²) in [5, 5.41) is 0. The molecule has 0 fully saturated rings. The molecule has 0 aliphatic heterocycles. The summed E-state index contributed by atoms with van der Waals surface area (Å²) in [6.45, 7) is 1.03. The van der Waals surface area contributed by atoms with Gasteiger partial charge >= 0.3 is 0 Å². The molecule has 0 radical (unpaired) electrons. The molecule has 1 aromatic heterocycles. The molecule has 4 heteroatoms. The molecule has 0 N–H and O–H groups in total. The molecule has 0 atom stereocenters. The third-order valence-electron chi connectivity index (χ3n) is 1.36.